The molecule has 18 heavy (non-hydrogen) atoms. The Morgan fingerprint density at radius 1 is 1.39 bits per heavy atom. The molecule has 1 aliphatic heterocycles. The van der Waals surface area contributed by atoms with Crippen molar-refractivity contribution in [2.24, 2.45) is 0 Å². The maximum atomic E-state index is 11.6. The largest absolute Gasteiger partial charge is 0.394 e. The molecule has 2 heterocycles. The minimum absolute atomic E-state index is 0.0976. The number of H-pyrrole nitrogens is 1. The third-order valence-electron chi connectivity index (χ3n) is 2.84. The van der Waals surface area contributed by atoms with Crippen molar-refractivity contribution < 1.29 is 20.1 Å². The lowest BCUT2D eigenvalue weighted by atomic mass is 10.0. The van der Waals surface area contributed by atoms with E-state index in [-0.39, 0.29) is 5.56 Å². The number of nitrogens with zero attached hydrogens (tertiary/aromatic N) is 1. The van der Waals surface area contributed by atoms with Gasteiger partial charge in [0.1, 0.15) is 24.4 Å². The van der Waals surface area contributed by atoms with Crippen LogP contribution in [0, 0.1) is 0 Å². The molecule has 1 aromatic rings. The summed E-state index contributed by atoms with van der Waals surface area (Å²) in [6, 6.07) is 0. The van der Waals surface area contributed by atoms with Gasteiger partial charge >= 0.3 is 5.69 Å². The van der Waals surface area contributed by atoms with Crippen LogP contribution < -0.4 is 17.1 Å². The molecule has 1 saturated heterocycles. The molecule has 0 saturated carbocycles. The summed E-state index contributed by atoms with van der Waals surface area (Å²) in [6.45, 7) is -0.505. The van der Waals surface area contributed by atoms with Crippen LogP contribution in [0.5, 0.6) is 0 Å². The summed E-state index contributed by atoms with van der Waals surface area (Å²) in [5, 5.41) is 28.2. The molecule has 1 aromatic heterocycles. The number of aromatic amines is 1. The van der Waals surface area contributed by atoms with E-state index < -0.39 is 42.3 Å². The van der Waals surface area contributed by atoms with Crippen LogP contribution in [-0.2, 0) is 4.74 Å². The van der Waals surface area contributed by atoms with E-state index >= 15 is 0 Å². The molecule has 0 aromatic carbocycles. The maximum Gasteiger partial charge on any atom is 0.346 e. The number of aliphatic hydroxyl groups excluding tert-OH is 3. The van der Waals surface area contributed by atoms with Gasteiger partial charge in [0.05, 0.1) is 12.2 Å². The van der Waals surface area contributed by atoms with Gasteiger partial charge in [0, 0.05) is 6.20 Å². The Balaban J connectivity index is 2.42. The number of hydrogen-bond donors (Lipinski definition) is 5. The Morgan fingerprint density at radius 2 is 2.06 bits per heavy atom. The summed E-state index contributed by atoms with van der Waals surface area (Å²) in [5.41, 5.74) is -1.67. The molecule has 9 heteroatoms. The molecule has 0 spiro atoms. The number of aliphatic hydroxyl groups is 3. The average molecular weight is 259 g/mol. The van der Waals surface area contributed by atoms with Crippen molar-refractivity contribution in [2.75, 3.05) is 12.4 Å². The molecule has 0 radical (unpaired) electrons. The van der Waals surface area contributed by atoms with Crippen LogP contribution in [0.2, 0.25) is 0 Å². The first-order valence-corrected chi connectivity index (χ1v) is 5.19. The molecular weight excluding hydrogens is 246 g/mol. The van der Waals surface area contributed by atoms with Crippen LogP contribution in [0.15, 0.2) is 15.8 Å². The fourth-order valence-corrected chi connectivity index (χ4v) is 1.86. The van der Waals surface area contributed by atoms with Crippen molar-refractivity contribution in [3.05, 3.63) is 32.6 Å². The minimum atomic E-state index is -1.39. The van der Waals surface area contributed by atoms with Gasteiger partial charge in [0.2, 0.25) is 0 Å². The van der Waals surface area contributed by atoms with Crippen molar-refractivity contribution in [1.29, 1.82) is 0 Å². The standard InChI is InChI=1S/C9H13N3O6/c10-12-1-3(8(16)11-9(12)17)7-6(15)5(14)4(2-13)18-7/h1,4-7,13-15H,2,10H2,(H,11,16,17)/t4-,5-,6-,7+/m1/s1. The van der Waals surface area contributed by atoms with E-state index in [4.69, 9.17) is 15.7 Å². The number of rotatable bonds is 2. The summed E-state index contributed by atoms with van der Waals surface area (Å²) in [6.07, 6.45) is -3.85. The van der Waals surface area contributed by atoms with Gasteiger partial charge in [-0.2, -0.15) is 0 Å². The van der Waals surface area contributed by atoms with E-state index in [1.807, 2.05) is 4.98 Å². The molecule has 4 atom stereocenters. The number of nitrogens with one attached hydrogen (secondary N) is 1. The zero-order valence-corrected chi connectivity index (χ0v) is 9.18. The lowest BCUT2D eigenvalue weighted by Crippen LogP contribution is -2.38. The van der Waals surface area contributed by atoms with Gasteiger partial charge in [-0.3, -0.25) is 9.78 Å². The first-order chi connectivity index (χ1) is 8.45. The monoisotopic (exact) mass is 259 g/mol. The van der Waals surface area contributed by atoms with Gasteiger partial charge in [0.15, 0.2) is 0 Å². The second-order valence-corrected chi connectivity index (χ2v) is 4.01. The lowest BCUT2D eigenvalue weighted by Gasteiger charge is -2.14. The van der Waals surface area contributed by atoms with Crippen molar-refractivity contribution in [1.82, 2.24) is 9.66 Å². The average Bonchev–Trinajstić information content (AvgIpc) is 2.61. The Morgan fingerprint density at radius 3 is 2.61 bits per heavy atom. The van der Waals surface area contributed by atoms with Gasteiger partial charge in [-0.25, -0.2) is 9.47 Å². The molecular formula is C9H13N3O6. The minimum Gasteiger partial charge on any atom is -0.394 e. The molecule has 6 N–H and O–H groups in total. The number of nitrogen functional groups attached to an aromatic ring is 1. The molecule has 1 fully saturated rings. The van der Waals surface area contributed by atoms with Gasteiger partial charge in [-0.05, 0) is 0 Å². The first-order valence-electron chi connectivity index (χ1n) is 5.19. The fraction of sp³-hybridized carbons (Fsp3) is 0.556. The van der Waals surface area contributed by atoms with E-state index in [9.17, 15) is 19.8 Å². The first kappa shape index (κ1) is 12.8. The van der Waals surface area contributed by atoms with Crippen LogP contribution in [0.25, 0.3) is 0 Å². The van der Waals surface area contributed by atoms with Crippen LogP contribution in [0.3, 0.4) is 0 Å². The highest BCUT2D eigenvalue weighted by atomic mass is 16.6. The number of ether oxygens (including phenoxy) is 1. The van der Waals surface area contributed by atoms with Gasteiger partial charge in [0.25, 0.3) is 5.56 Å². The van der Waals surface area contributed by atoms with E-state index in [0.29, 0.717) is 4.68 Å². The third kappa shape index (κ3) is 1.93. The van der Waals surface area contributed by atoms with Gasteiger partial charge < -0.3 is 25.9 Å². The number of nitrogens with two attached hydrogens (primary N) is 1. The molecule has 9 nitrogen and oxygen atoms in total. The number of aromatic nitrogens is 2. The van der Waals surface area contributed by atoms with Crippen molar-refractivity contribution >= 4 is 0 Å². The highest BCUT2D eigenvalue weighted by Gasteiger charge is 2.44. The summed E-state index contributed by atoms with van der Waals surface area (Å²) >= 11 is 0. The zero-order valence-electron chi connectivity index (χ0n) is 9.18. The van der Waals surface area contributed by atoms with Crippen LogP contribution in [-0.4, -0.2) is 49.9 Å². The van der Waals surface area contributed by atoms with Crippen molar-refractivity contribution in [3.63, 3.8) is 0 Å². The van der Waals surface area contributed by atoms with E-state index in [0.717, 1.165) is 6.20 Å². The van der Waals surface area contributed by atoms with Gasteiger partial charge in [-0.1, -0.05) is 0 Å². The van der Waals surface area contributed by atoms with E-state index in [1.54, 1.807) is 0 Å². The molecule has 100 valence electrons. The normalized spacial score (nSPS) is 31.7. The molecule has 1 aliphatic rings. The Kier molecular flexibility index (Phi) is 3.22. The smallest absolute Gasteiger partial charge is 0.346 e. The Labute approximate surface area is 100 Å². The van der Waals surface area contributed by atoms with Crippen molar-refractivity contribution in [2.45, 2.75) is 24.4 Å². The summed E-state index contributed by atoms with van der Waals surface area (Å²) in [4.78, 5) is 24.6. The van der Waals surface area contributed by atoms with Crippen LogP contribution >= 0.6 is 0 Å². The predicted molar refractivity (Wildman–Crippen MR) is 58.2 cm³/mol. The highest BCUT2D eigenvalue weighted by Crippen LogP contribution is 2.31. The van der Waals surface area contributed by atoms with Gasteiger partial charge in [-0.15, -0.1) is 0 Å². The molecule has 0 unspecified atom stereocenters. The van der Waals surface area contributed by atoms with E-state index in [2.05, 4.69) is 0 Å². The highest BCUT2D eigenvalue weighted by molar-refractivity contribution is 5.14. The van der Waals surface area contributed by atoms with Crippen LogP contribution in [0.4, 0.5) is 0 Å². The molecule has 0 bridgehead atoms. The van der Waals surface area contributed by atoms with Crippen LogP contribution in [0.1, 0.15) is 11.7 Å². The summed E-state index contributed by atoms with van der Waals surface area (Å²) in [7, 11) is 0. The summed E-state index contributed by atoms with van der Waals surface area (Å²) < 4.78 is 5.79. The Hall–Kier alpha value is -1.68. The van der Waals surface area contributed by atoms with Crippen molar-refractivity contribution in [3.8, 4) is 0 Å². The maximum absolute atomic E-state index is 11.6. The number of hydrogen-bond acceptors (Lipinski definition) is 7. The third-order valence-corrected chi connectivity index (χ3v) is 2.84. The second-order valence-electron chi connectivity index (χ2n) is 4.01. The Bertz CT molecular complexity index is 552. The topological polar surface area (TPSA) is 151 Å². The molecule has 2 rings (SSSR count). The lowest BCUT2D eigenvalue weighted by molar-refractivity contribution is -0.0233. The summed E-state index contributed by atoms with van der Waals surface area (Å²) in [5.74, 6) is 5.29. The predicted octanol–water partition coefficient (Wildman–Crippen LogP) is -3.60. The second kappa shape index (κ2) is 4.53. The van der Waals surface area contributed by atoms with E-state index in [1.165, 1.54) is 0 Å². The zero-order chi connectivity index (χ0) is 13.4. The quantitative estimate of drug-likeness (QED) is 0.344. The molecule has 0 aliphatic carbocycles. The molecule has 0 amide bonds. The fourth-order valence-electron chi connectivity index (χ4n) is 1.86. The SMILES string of the molecule is Nn1cc([C@@H]2O[C@H](CO)[C@@H](O)[C@H]2O)c(=O)[nH]c1=O.